The van der Waals surface area contributed by atoms with E-state index in [0.717, 1.165) is 36.8 Å². The summed E-state index contributed by atoms with van der Waals surface area (Å²) in [5, 5.41) is 3.00. The highest BCUT2D eigenvalue weighted by molar-refractivity contribution is 5.74. The fourth-order valence-corrected chi connectivity index (χ4v) is 3.96. The van der Waals surface area contributed by atoms with E-state index in [-0.39, 0.29) is 12.1 Å². The molecule has 1 aromatic heterocycles. The van der Waals surface area contributed by atoms with Crippen LogP contribution in [0.25, 0.3) is 0 Å². The summed E-state index contributed by atoms with van der Waals surface area (Å²) in [5.74, 6) is 2.58. The number of rotatable bonds is 5. The molecule has 1 aliphatic carbocycles. The van der Waals surface area contributed by atoms with E-state index >= 15 is 0 Å². The van der Waals surface area contributed by atoms with Crippen LogP contribution in [0.15, 0.2) is 24.3 Å². The third-order valence-electron chi connectivity index (χ3n) is 5.93. The second-order valence-electron chi connectivity index (χ2n) is 8.98. The van der Waals surface area contributed by atoms with Crippen molar-refractivity contribution in [2.45, 2.75) is 58.9 Å². The summed E-state index contributed by atoms with van der Waals surface area (Å²) in [6.07, 6.45) is 3.22. The largest absolute Gasteiger partial charge is 0.353 e. The monoisotopic (exact) mass is 407 g/mol. The van der Waals surface area contributed by atoms with Crippen molar-refractivity contribution in [3.63, 3.8) is 0 Å². The molecule has 0 unspecified atom stereocenters. The Bertz CT molecular complexity index is 897. The molecule has 160 valence electrons. The van der Waals surface area contributed by atoms with Crippen molar-refractivity contribution in [1.29, 1.82) is 0 Å². The Labute approximate surface area is 179 Å². The minimum Gasteiger partial charge on any atom is -0.353 e. The van der Waals surface area contributed by atoms with Crippen molar-refractivity contribution in [2.75, 3.05) is 31.1 Å². The number of benzene rings is 1. The van der Waals surface area contributed by atoms with Crippen LogP contribution >= 0.6 is 0 Å². The van der Waals surface area contributed by atoms with Gasteiger partial charge in [0.25, 0.3) is 0 Å². The number of carbonyl (C=O) groups is 1. The van der Waals surface area contributed by atoms with Gasteiger partial charge in [-0.2, -0.15) is 0 Å². The third-order valence-corrected chi connectivity index (χ3v) is 5.93. The average Bonchev–Trinajstić information content (AvgIpc) is 3.56. The molecule has 30 heavy (non-hydrogen) atoms. The quantitative estimate of drug-likeness (QED) is 0.819. The zero-order valence-corrected chi connectivity index (χ0v) is 18.6. The number of aromatic nitrogens is 2. The number of carbonyl (C=O) groups excluding carboxylic acids is 1. The summed E-state index contributed by atoms with van der Waals surface area (Å²) in [6.45, 7) is 11.2. The Morgan fingerprint density at radius 2 is 1.73 bits per heavy atom. The second kappa shape index (κ2) is 8.62. The fraction of sp³-hybridized carbons (Fsp3) is 0.542. The molecule has 4 rings (SSSR count). The normalized spacial score (nSPS) is 16.8. The molecule has 0 radical (unpaired) electrons. The van der Waals surface area contributed by atoms with Crippen LogP contribution in [-0.4, -0.2) is 53.1 Å². The molecule has 2 fully saturated rings. The standard InChI is InChI=1S/C24H33N5O/c1-16(2)25-24(30)29-13-11-28(12-14-29)23-21(15-19-7-5-17(3)6-8-19)18(4)26-22(27-23)20-9-10-20/h5-8,16,20H,9-15H2,1-4H3,(H,25,30). The van der Waals surface area contributed by atoms with Gasteiger partial charge in [-0.25, -0.2) is 14.8 Å². The lowest BCUT2D eigenvalue weighted by Gasteiger charge is -2.37. The third kappa shape index (κ3) is 4.74. The van der Waals surface area contributed by atoms with E-state index in [0.29, 0.717) is 19.0 Å². The molecule has 0 bridgehead atoms. The fourth-order valence-electron chi connectivity index (χ4n) is 3.96. The molecule has 2 aromatic rings. The molecule has 0 atom stereocenters. The maximum absolute atomic E-state index is 12.4. The summed E-state index contributed by atoms with van der Waals surface area (Å²) >= 11 is 0. The van der Waals surface area contributed by atoms with Gasteiger partial charge in [-0.15, -0.1) is 0 Å². The predicted octanol–water partition coefficient (Wildman–Crippen LogP) is 3.80. The van der Waals surface area contributed by atoms with Crippen molar-refractivity contribution >= 4 is 11.8 Å². The SMILES string of the molecule is Cc1ccc(Cc2c(C)nc(C3CC3)nc2N2CCN(C(=O)NC(C)C)CC2)cc1. The number of nitrogens with one attached hydrogen (secondary N) is 1. The summed E-state index contributed by atoms with van der Waals surface area (Å²) < 4.78 is 0. The molecule has 2 aliphatic rings. The van der Waals surface area contributed by atoms with Crippen LogP contribution in [0.4, 0.5) is 10.6 Å². The molecular formula is C24H33N5O. The lowest BCUT2D eigenvalue weighted by atomic mass is 10.0. The molecule has 2 heterocycles. The molecule has 1 aliphatic heterocycles. The van der Waals surface area contributed by atoms with Gasteiger partial charge in [0.05, 0.1) is 0 Å². The summed E-state index contributed by atoms with van der Waals surface area (Å²) in [4.78, 5) is 26.5. The first-order chi connectivity index (χ1) is 14.4. The van der Waals surface area contributed by atoms with Crippen LogP contribution in [0, 0.1) is 13.8 Å². The minimum absolute atomic E-state index is 0.0297. The number of anilines is 1. The number of hydrogen-bond acceptors (Lipinski definition) is 4. The van der Waals surface area contributed by atoms with Crippen molar-refractivity contribution in [3.8, 4) is 0 Å². The molecule has 2 amide bonds. The van der Waals surface area contributed by atoms with Crippen LogP contribution in [0.3, 0.4) is 0 Å². The van der Waals surface area contributed by atoms with Gasteiger partial charge in [-0.05, 0) is 46.1 Å². The molecule has 1 N–H and O–H groups in total. The molecule has 0 spiro atoms. The number of aryl methyl sites for hydroxylation is 2. The van der Waals surface area contributed by atoms with Gasteiger partial charge in [-0.1, -0.05) is 29.8 Å². The van der Waals surface area contributed by atoms with Crippen molar-refractivity contribution in [3.05, 3.63) is 52.5 Å². The highest BCUT2D eigenvalue weighted by atomic mass is 16.2. The summed E-state index contributed by atoms with van der Waals surface area (Å²) in [7, 11) is 0. The van der Waals surface area contributed by atoms with Gasteiger partial charge in [0.1, 0.15) is 11.6 Å². The molecule has 1 aromatic carbocycles. The lowest BCUT2D eigenvalue weighted by molar-refractivity contribution is 0.191. The Hall–Kier alpha value is -2.63. The number of urea groups is 1. The van der Waals surface area contributed by atoms with E-state index in [1.54, 1.807) is 0 Å². The second-order valence-corrected chi connectivity index (χ2v) is 8.98. The van der Waals surface area contributed by atoms with Gasteiger partial charge in [0.2, 0.25) is 0 Å². The molecular weight excluding hydrogens is 374 g/mol. The van der Waals surface area contributed by atoms with Crippen molar-refractivity contribution in [2.24, 2.45) is 0 Å². The first-order valence-corrected chi connectivity index (χ1v) is 11.1. The van der Waals surface area contributed by atoms with Crippen LogP contribution < -0.4 is 10.2 Å². The van der Waals surface area contributed by atoms with Crippen LogP contribution in [-0.2, 0) is 6.42 Å². The molecule has 1 saturated carbocycles. The minimum atomic E-state index is 0.0297. The Balaban J connectivity index is 1.56. The van der Waals surface area contributed by atoms with E-state index in [4.69, 9.17) is 9.97 Å². The van der Waals surface area contributed by atoms with Gasteiger partial charge in [0, 0.05) is 55.8 Å². The van der Waals surface area contributed by atoms with Crippen LogP contribution in [0.5, 0.6) is 0 Å². The van der Waals surface area contributed by atoms with Crippen LogP contribution in [0.1, 0.15) is 60.8 Å². The lowest BCUT2D eigenvalue weighted by Crippen LogP contribution is -2.53. The Morgan fingerprint density at radius 1 is 1.07 bits per heavy atom. The van der Waals surface area contributed by atoms with Crippen molar-refractivity contribution in [1.82, 2.24) is 20.2 Å². The first kappa shape index (κ1) is 20.6. The Morgan fingerprint density at radius 3 is 2.33 bits per heavy atom. The van der Waals surface area contributed by atoms with E-state index < -0.39 is 0 Å². The average molecular weight is 408 g/mol. The van der Waals surface area contributed by atoms with E-state index in [2.05, 4.69) is 48.3 Å². The number of amides is 2. The highest BCUT2D eigenvalue weighted by Crippen LogP contribution is 2.39. The molecule has 6 nitrogen and oxygen atoms in total. The van der Waals surface area contributed by atoms with Gasteiger partial charge in [-0.3, -0.25) is 0 Å². The number of hydrogen-bond donors (Lipinski definition) is 1. The summed E-state index contributed by atoms with van der Waals surface area (Å²) in [5.41, 5.74) is 4.85. The predicted molar refractivity (Wildman–Crippen MR) is 120 cm³/mol. The van der Waals surface area contributed by atoms with E-state index in [1.807, 2.05) is 18.7 Å². The van der Waals surface area contributed by atoms with Crippen molar-refractivity contribution < 1.29 is 4.79 Å². The molecule has 1 saturated heterocycles. The maximum Gasteiger partial charge on any atom is 0.317 e. The van der Waals surface area contributed by atoms with E-state index in [1.165, 1.54) is 29.5 Å². The number of nitrogens with zero attached hydrogens (tertiary/aromatic N) is 4. The zero-order chi connectivity index (χ0) is 21.3. The topological polar surface area (TPSA) is 61.4 Å². The van der Waals surface area contributed by atoms with Gasteiger partial charge in [0.15, 0.2) is 0 Å². The molecule has 6 heteroatoms. The zero-order valence-electron chi connectivity index (χ0n) is 18.6. The smallest absolute Gasteiger partial charge is 0.317 e. The van der Waals surface area contributed by atoms with Gasteiger partial charge < -0.3 is 15.1 Å². The van der Waals surface area contributed by atoms with Crippen LogP contribution in [0.2, 0.25) is 0 Å². The van der Waals surface area contributed by atoms with E-state index in [9.17, 15) is 4.79 Å². The van der Waals surface area contributed by atoms with Gasteiger partial charge >= 0.3 is 6.03 Å². The first-order valence-electron chi connectivity index (χ1n) is 11.1. The maximum atomic E-state index is 12.4. The summed E-state index contributed by atoms with van der Waals surface area (Å²) in [6, 6.07) is 8.90. The highest BCUT2D eigenvalue weighted by Gasteiger charge is 2.30. The number of piperazine rings is 1. The Kier molecular flexibility index (Phi) is 5.93.